The summed E-state index contributed by atoms with van der Waals surface area (Å²) in [7, 11) is -0.248. The SMILES string of the molecule is CCOc1c(C)cc(C#P=O)c(C(=O)c2ccccc2)c1C. The van der Waals surface area contributed by atoms with Gasteiger partial charge in [-0.15, -0.1) is 0 Å². The molecule has 0 N–H and O–H groups in total. The van der Waals surface area contributed by atoms with Gasteiger partial charge in [0.2, 0.25) is 0 Å². The van der Waals surface area contributed by atoms with E-state index in [0.717, 1.165) is 11.1 Å². The van der Waals surface area contributed by atoms with E-state index in [2.05, 4.69) is 5.63 Å². The zero-order valence-corrected chi connectivity index (χ0v) is 13.7. The average Bonchev–Trinajstić information content (AvgIpc) is 2.52. The normalized spacial score (nSPS) is 9.95. The van der Waals surface area contributed by atoms with Crippen molar-refractivity contribution < 1.29 is 14.1 Å². The van der Waals surface area contributed by atoms with Crippen molar-refractivity contribution in [2.24, 2.45) is 0 Å². The molecule has 0 aliphatic heterocycles. The summed E-state index contributed by atoms with van der Waals surface area (Å²) in [6.45, 7) is 6.18. The van der Waals surface area contributed by atoms with Gasteiger partial charge in [-0.05, 0) is 0 Å². The summed E-state index contributed by atoms with van der Waals surface area (Å²) in [5, 5.41) is 0. The third-order valence-electron chi connectivity index (χ3n) is 3.42. The molecule has 0 unspecified atom stereocenters. The summed E-state index contributed by atoms with van der Waals surface area (Å²) >= 11 is 0. The zero-order chi connectivity index (χ0) is 16.1. The molecule has 0 atom stereocenters. The molecule has 22 heavy (non-hydrogen) atoms. The summed E-state index contributed by atoms with van der Waals surface area (Å²) in [6.07, 6.45) is 0. The maximum atomic E-state index is 12.8. The summed E-state index contributed by atoms with van der Waals surface area (Å²) in [5.74, 6) is 0.583. The van der Waals surface area contributed by atoms with Gasteiger partial charge in [0.25, 0.3) is 0 Å². The van der Waals surface area contributed by atoms with Crippen molar-refractivity contribution in [3.8, 4) is 11.4 Å². The van der Waals surface area contributed by atoms with E-state index in [9.17, 15) is 9.36 Å². The second kappa shape index (κ2) is 7.26. The molecule has 4 heteroatoms. The first-order valence-corrected chi connectivity index (χ1v) is 7.86. The van der Waals surface area contributed by atoms with Crippen LogP contribution in [0.25, 0.3) is 0 Å². The quantitative estimate of drug-likeness (QED) is 0.615. The van der Waals surface area contributed by atoms with Gasteiger partial charge >= 0.3 is 131 Å². The van der Waals surface area contributed by atoms with Crippen LogP contribution in [0.5, 0.6) is 5.75 Å². The number of hydrogen-bond acceptors (Lipinski definition) is 3. The summed E-state index contributed by atoms with van der Waals surface area (Å²) in [5.41, 5.74) is 5.99. The average molecular weight is 312 g/mol. The van der Waals surface area contributed by atoms with Crippen molar-refractivity contribution in [2.45, 2.75) is 20.8 Å². The predicted octanol–water partition coefficient (Wildman–Crippen LogP) is 4.53. The third-order valence-corrected chi connectivity index (χ3v) is 3.75. The minimum atomic E-state index is -0.248. The van der Waals surface area contributed by atoms with Crippen molar-refractivity contribution in [3.05, 3.63) is 64.2 Å². The van der Waals surface area contributed by atoms with Crippen LogP contribution >= 0.6 is 7.92 Å². The Kier molecular flexibility index (Phi) is 5.38. The van der Waals surface area contributed by atoms with E-state index in [1.165, 1.54) is 0 Å². The van der Waals surface area contributed by atoms with E-state index in [0.29, 0.717) is 29.0 Å². The maximum absolute atomic E-state index is 12.8. The van der Waals surface area contributed by atoms with Crippen molar-refractivity contribution in [2.75, 3.05) is 6.61 Å². The number of carbonyl (C=O) groups is 1. The van der Waals surface area contributed by atoms with Crippen LogP contribution in [0.1, 0.15) is 39.5 Å². The second-order valence-electron chi connectivity index (χ2n) is 4.90. The molecule has 0 aromatic heterocycles. The summed E-state index contributed by atoms with van der Waals surface area (Å²) in [4.78, 5) is 12.8. The number of carbonyl (C=O) groups excluding carboxylic acids is 1. The molecule has 3 nitrogen and oxygen atoms in total. The number of ether oxygens (including phenoxy) is 1. The number of benzene rings is 2. The van der Waals surface area contributed by atoms with Crippen LogP contribution in [0.4, 0.5) is 0 Å². The Morgan fingerprint density at radius 2 is 1.91 bits per heavy atom. The number of hydrogen-bond donors (Lipinski definition) is 0. The van der Waals surface area contributed by atoms with E-state index in [1.807, 2.05) is 39.0 Å². The van der Waals surface area contributed by atoms with Gasteiger partial charge < -0.3 is 0 Å². The van der Waals surface area contributed by atoms with Gasteiger partial charge in [0.15, 0.2) is 0 Å². The molecule has 0 radical (unpaired) electrons. The molecule has 2 aromatic carbocycles. The molecular weight excluding hydrogens is 295 g/mol. The van der Waals surface area contributed by atoms with E-state index in [1.54, 1.807) is 18.2 Å². The van der Waals surface area contributed by atoms with Gasteiger partial charge in [-0.1, -0.05) is 0 Å². The van der Waals surface area contributed by atoms with Crippen molar-refractivity contribution >= 4 is 13.7 Å². The van der Waals surface area contributed by atoms with Crippen LogP contribution in [-0.4, -0.2) is 12.4 Å². The molecule has 0 amide bonds. The summed E-state index contributed by atoms with van der Waals surface area (Å²) < 4.78 is 16.6. The van der Waals surface area contributed by atoms with Gasteiger partial charge in [-0.3, -0.25) is 0 Å². The predicted molar refractivity (Wildman–Crippen MR) is 87.6 cm³/mol. The van der Waals surface area contributed by atoms with Crippen LogP contribution < -0.4 is 4.74 Å². The Morgan fingerprint density at radius 1 is 1.23 bits per heavy atom. The first-order chi connectivity index (χ1) is 10.6. The first-order valence-electron chi connectivity index (χ1n) is 7.05. The Hall–Kier alpha value is -2.08. The van der Waals surface area contributed by atoms with Crippen molar-refractivity contribution in [3.63, 3.8) is 0 Å². The van der Waals surface area contributed by atoms with E-state index >= 15 is 0 Å². The zero-order valence-electron chi connectivity index (χ0n) is 12.8. The van der Waals surface area contributed by atoms with Crippen LogP contribution in [0.2, 0.25) is 0 Å². The van der Waals surface area contributed by atoms with Gasteiger partial charge in [-0.25, -0.2) is 0 Å². The molecule has 0 bridgehead atoms. The Balaban J connectivity index is 2.71. The molecule has 0 fully saturated rings. The second-order valence-corrected chi connectivity index (χ2v) is 5.31. The molecule has 0 spiro atoms. The standard InChI is InChI=1S/C18H17O3P/c1-4-21-18-12(2)10-15(11-22-20)16(13(18)3)17(19)14-8-6-5-7-9-14/h5-10H,4H2,1-3H3. The molecule has 0 saturated heterocycles. The van der Waals surface area contributed by atoms with Gasteiger partial charge in [0.05, 0.1) is 0 Å². The Morgan fingerprint density at radius 3 is 2.50 bits per heavy atom. The molecule has 2 aromatic rings. The fraction of sp³-hybridized carbons (Fsp3) is 0.222. The Labute approximate surface area is 131 Å². The Bertz CT molecular complexity index is 805. The van der Waals surface area contributed by atoms with Crippen LogP contribution in [0, 0.1) is 19.5 Å². The molecule has 0 aliphatic carbocycles. The molecule has 0 saturated carbocycles. The third kappa shape index (κ3) is 3.22. The topological polar surface area (TPSA) is 43.4 Å². The van der Waals surface area contributed by atoms with Crippen LogP contribution in [0.15, 0.2) is 36.4 Å². The molecular formula is C18H17O3P. The first kappa shape index (κ1) is 16.3. The van der Waals surface area contributed by atoms with Crippen LogP contribution in [-0.2, 0) is 4.57 Å². The molecule has 112 valence electrons. The van der Waals surface area contributed by atoms with Gasteiger partial charge in [0.1, 0.15) is 0 Å². The molecule has 2 rings (SSSR count). The fourth-order valence-electron chi connectivity index (χ4n) is 2.50. The van der Waals surface area contributed by atoms with E-state index in [-0.39, 0.29) is 13.7 Å². The summed E-state index contributed by atoms with van der Waals surface area (Å²) in [6, 6.07) is 10.8. The van der Waals surface area contributed by atoms with Crippen molar-refractivity contribution in [1.29, 1.82) is 0 Å². The number of ketones is 1. The van der Waals surface area contributed by atoms with E-state index in [4.69, 9.17) is 4.74 Å². The van der Waals surface area contributed by atoms with Crippen LogP contribution in [0.3, 0.4) is 0 Å². The van der Waals surface area contributed by atoms with Crippen molar-refractivity contribution in [1.82, 2.24) is 0 Å². The fourth-order valence-corrected chi connectivity index (χ4v) is 2.77. The number of rotatable bonds is 4. The van der Waals surface area contributed by atoms with E-state index < -0.39 is 0 Å². The molecule has 0 heterocycles. The monoisotopic (exact) mass is 312 g/mol. The van der Waals surface area contributed by atoms with Gasteiger partial charge in [0, 0.05) is 0 Å². The minimum absolute atomic E-state index is 0.120. The molecule has 0 aliphatic rings. The van der Waals surface area contributed by atoms with Gasteiger partial charge in [-0.2, -0.15) is 0 Å². The number of aryl methyl sites for hydroxylation is 1.